The molecule has 1 rings (SSSR count). The Morgan fingerprint density at radius 3 is 2.20 bits per heavy atom. The van der Waals surface area contributed by atoms with Gasteiger partial charge in [-0.3, -0.25) is 0 Å². The summed E-state index contributed by atoms with van der Waals surface area (Å²) in [5.74, 6) is 0.278. The standard InChI is InChI=1S/C6H4I2O2/c7-3-1-2-4(9)5(8)6(3)10/h1-2,9-10H. The predicted octanol–water partition coefficient (Wildman–Crippen LogP) is 2.31. The fraction of sp³-hybridized carbons (Fsp3) is 0. The number of benzene rings is 1. The highest BCUT2D eigenvalue weighted by Crippen LogP contribution is 2.32. The van der Waals surface area contributed by atoms with Crippen molar-refractivity contribution in [3.8, 4) is 11.5 Å². The second-order valence-corrected chi connectivity index (χ2v) is 3.97. The Balaban J connectivity index is 3.34. The van der Waals surface area contributed by atoms with Crippen molar-refractivity contribution in [2.75, 3.05) is 0 Å². The van der Waals surface area contributed by atoms with Crippen molar-refractivity contribution >= 4 is 45.2 Å². The minimum Gasteiger partial charge on any atom is -0.507 e. The summed E-state index contributed by atoms with van der Waals surface area (Å²) in [6.45, 7) is 0. The summed E-state index contributed by atoms with van der Waals surface area (Å²) in [5.41, 5.74) is 0. The van der Waals surface area contributed by atoms with Crippen LogP contribution in [-0.4, -0.2) is 10.2 Å². The lowest BCUT2D eigenvalue weighted by Gasteiger charge is -2.00. The summed E-state index contributed by atoms with van der Waals surface area (Å²) in [6, 6.07) is 3.22. The van der Waals surface area contributed by atoms with Crippen LogP contribution in [0.25, 0.3) is 0 Å². The van der Waals surface area contributed by atoms with Crippen LogP contribution in [0.4, 0.5) is 0 Å². The SMILES string of the molecule is Oc1ccc(I)c(O)c1I. The molecule has 0 aliphatic rings. The largest absolute Gasteiger partial charge is 0.507 e. The van der Waals surface area contributed by atoms with Gasteiger partial charge in [0.1, 0.15) is 11.5 Å². The number of phenolic OH excluding ortho intramolecular Hbond substituents is 2. The third kappa shape index (κ3) is 1.47. The Kier molecular flexibility index (Phi) is 2.61. The molecule has 0 fully saturated rings. The molecule has 0 aliphatic carbocycles. The fourth-order valence-corrected chi connectivity index (χ4v) is 1.97. The monoisotopic (exact) mass is 362 g/mol. The second kappa shape index (κ2) is 3.12. The fourth-order valence-electron chi connectivity index (χ4n) is 0.530. The molecule has 1 aromatic carbocycles. The van der Waals surface area contributed by atoms with Crippen molar-refractivity contribution in [3.63, 3.8) is 0 Å². The van der Waals surface area contributed by atoms with Crippen LogP contribution < -0.4 is 0 Å². The molecule has 2 nitrogen and oxygen atoms in total. The lowest BCUT2D eigenvalue weighted by Crippen LogP contribution is -1.78. The molecular weight excluding hydrogens is 358 g/mol. The molecule has 0 bridgehead atoms. The molecule has 0 atom stereocenters. The van der Waals surface area contributed by atoms with Crippen LogP contribution in [0.1, 0.15) is 0 Å². The predicted molar refractivity (Wildman–Crippen MR) is 55.2 cm³/mol. The van der Waals surface area contributed by atoms with Gasteiger partial charge in [-0.15, -0.1) is 0 Å². The van der Waals surface area contributed by atoms with Crippen LogP contribution in [0.3, 0.4) is 0 Å². The Morgan fingerprint density at radius 2 is 1.70 bits per heavy atom. The number of aromatic hydroxyl groups is 2. The van der Waals surface area contributed by atoms with Gasteiger partial charge in [0, 0.05) is 0 Å². The first-order valence-electron chi connectivity index (χ1n) is 2.49. The molecule has 0 spiro atoms. The van der Waals surface area contributed by atoms with E-state index in [-0.39, 0.29) is 11.5 Å². The topological polar surface area (TPSA) is 40.5 Å². The van der Waals surface area contributed by atoms with Gasteiger partial charge in [-0.2, -0.15) is 0 Å². The zero-order valence-electron chi connectivity index (χ0n) is 4.81. The Labute approximate surface area is 85.5 Å². The maximum Gasteiger partial charge on any atom is 0.145 e. The first-order valence-corrected chi connectivity index (χ1v) is 4.64. The van der Waals surface area contributed by atoms with Gasteiger partial charge in [-0.1, -0.05) is 0 Å². The van der Waals surface area contributed by atoms with Gasteiger partial charge in [0.2, 0.25) is 0 Å². The summed E-state index contributed by atoms with van der Waals surface area (Å²) in [4.78, 5) is 0. The number of rotatable bonds is 0. The Bertz CT molecular complexity index is 233. The summed E-state index contributed by atoms with van der Waals surface area (Å²) >= 11 is 3.89. The summed E-state index contributed by atoms with van der Waals surface area (Å²) in [7, 11) is 0. The van der Waals surface area contributed by atoms with Crippen molar-refractivity contribution in [2.45, 2.75) is 0 Å². The molecular formula is C6H4I2O2. The lowest BCUT2D eigenvalue weighted by atomic mass is 10.3. The van der Waals surface area contributed by atoms with Crippen molar-refractivity contribution in [1.82, 2.24) is 0 Å². The highest BCUT2D eigenvalue weighted by Gasteiger charge is 2.05. The highest BCUT2D eigenvalue weighted by atomic mass is 127. The summed E-state index contributed by atoms with van der Waals surface area (Å²) in [6.07, 6.45) is 0. The first kappa shape index (κ1) is 8.38. The van der Waals surface area contributed by atoms with E-state index in [0.29, 0.717) is 3.57 Å². The van der Waals surface area contributed by atoms with E-state index in [1.807, 2.05) is 45.2 Å². The number of halogens is 2. The van der Waals surface area contributed by atoms with Gasteiger partial charge >= 0.3 is 0 Å². The smallest absolute Gasteiger partial charge is 0.145 e. The highest BCUT2D eigenvalue weighted by molar-refractivity contribution is 14.1. The molecule has 0 aromatic heterocycles. The Hall–Kier alpha value is 0.280. The number of hydrogen-bond donors (Lipinski definition) is 2. The quantitative estimate of drug-likeness (QED) is 0.696. The zero-order valence-corrected chi connectivity index (χ0v) is 9.12. The van der Waals surface area contributed by atoms with Gasteiger partial charge in [0.25, 0.3) is 0 Å². The normalized spacial score (nSPS) is 9.80. The molecule has 54 valence electrons. The van der Waals surface area contributed by atoms with Crippen LogP contribution >= 0.6 is 45.2 Å². The van der Waals surface area contributed by atoms with Crippen molar-refractivity contribution in [3.05, 3.63) is 19.3 Å². The number of phenols is 2. The maximum atomic E-state index is 9.21. The minimum absolute atomic E-state index is 0.124. The van der Waals surface area contributed by atoms with Crippen LogP contribution in [0.5, 0.6) is 11.5 Å². The van der Waals surface area contributed by atoms with Gasteiger partial charge < -0.3 is 10.2 Å². The van der Waals surface area contributed by atoms with E-state index in [9.17, 15) is 5.11 Å². The molecule has 0 heterocycles. The summed E-state index contributed by atoms with van der Waals surface area (Å²) in [5, 5.41) is 18.3. The molecule has 0 radical (unpaired) electrons. The molecule has 0 aliphatic heterocycles. The Morgan fingerprint density at radius 1 is 1.10 bits per heavy atom. The van der Waals surface area contributed by atoms with Crippen LogP contribution in [-0.2, 0) is 0 Å². The minimum atomic E-state index is 0.124. The van der Waals surface area contributed by atoms with Gasteiger partial charge in [-0.05, 0) is 57.3 Å². The lowest BCUT2D eigenvalue weighted by molar-refractivity contribution is 0.441. The average molecular weight is 362 g/mol. The van der Waals surface area contributed by atoms with Crippen LogP contribution in [0, 0.1) is 7.14 Å². The molecule has 0 amide bonds. The second-order valence-electron chi connectivity index (χ2n) is 1.73. The molecule has 0 saturated carbocycles. The van der Waals surface area contributed by atoms with E-state index in [1.165, 1.54) is 0 Å². The average Bonchev–Trinajstić information content (AvgIpc) is 1.93. The van der Waals surface area contributed by atoms with E-state index < -0.39 is 0 Å². The maximum absolute atomic E-state index is 9.21. The van der Waals surface area contributed by atoms with Gasteiger partial charge in [0.15, 0.2) is 0 Å². The third-order valence-electron chi connectivity index (χ3n) is 1.05. The van der Waals surface area contributed by atoms with E-state index >= 15 is 0 Å². The molecule has 0 saturated heterocycles. The van der Waals surface area contributed by atoms with E-state index in [4.69, 9.17) is 5.11 Å². The van der Waals surface area contributed by atoms with E-state index in [2.05, 4.69) is 0 Å². The van der Waals surface area contributed by atoms with E-state index in [0.717, 1.165) is 3.57 Å². The van der Waals surface area contributed by atoms with Crippen LogP contribution in [0.15, 0.2) is 12.1 Å². The van der Waals surface area contributed by atoms with Crippen molar-refractivity contribution in [1.29, 1.82) is 0 Å². The van der Waals surface area contributed by atoms with E-state index in [1.54, 1.807) is 12.1 Å². The molecule has 10 heavy (non-hydrogen) atoms. The molecule has 1 aromatic rings. The molecule has 2 N–H and O–H groups in total. The van der Waals surface area contributed by atoms with Gasteiger partial charge in [-0.25, -0.2) is 0 Å². The van der Waals surface area contributed by atoms with Gasteiger partial charge in [0.05, 0.1) is 7.14 Å². The molecule has 4 heteroatoms. The summed E-state index contributed by atoms with van der Waals surface area (Å²) < 4.78 is 1.25. The third-order valence-corrected chi connectivity index (χ3v) is 2.98. The zero-order chi connectivity index (χ0) is 7.72. The van der Waals surface area contributed by atoms with Crippen LogP contribution in [0.2, 0.25) is 0 Å². The van der Waals surface area contributed by atoms with Crippen molar-refractivity contribution < 1.29 is 10.2 Å². The number of hydrogen-bond acceptors (Lipinski definition) is 2. The van der Waals surface area contributed by atoms with Crippen molar-refractivity contribution in [2.24, 2.45) is 0 Å². The molecule has 0 unspecified atom stereocenters. The first-order chi connectivity index (χ1) is 4.63.